The molecular weight excluding hydrogens is 320 g/mol. The third-order valence-electron chi connectivity index (χ3n) is 3.60. The largest absolute Gasteiger partial charge is 0.494 e. The van der Waals surface area contributed by atoms with Crippen molar-refractivity contribution in [3.63, 3.8) is 0 Å². The van der Waals surface area contributed by atoms with Crippen LogP contribution < -0.4 is 10.3 Å². The van der Waals surface area contributed by atoms with Crippen LogP contribution in [0.25, 0.3) is 17.1 Å². The van der Waals surface area contributed by atoms with Gasteiger partial charge in [-0.05, 0) is 18.2 Å². The molecule has 0 N–H and O–H groups in total. The highest BCUT2D eigenvalue weighted by Crippen LogP contribution is 2.30. The Morgan fingerprint density at radius 3 is 2.64 bits per heavy atom. The second-order valence-electron chi connectivity index (χ2n) is 5.10. The normalized spacial score (nSPS) is 10.1. The zero-order valence-electron chi connectivity index (χ0n) is 13.5. The van der Waals surface area contributed by atoms with Crippen LogP contribution >= 0.6 is 0 Å². The van der Waals surface area contributed by atoms with Crippen LogP contribution in [-0.2, 0) is 7.05 Å². The van der Waals surface area contributed by atoms with Crippen molar-refractivity contribution in [2.45, 2.75) is 0 Å². The first-order valence-electron chi connectivity index (χ1n) is 7.20. The molecule has 0 aliphatic rings. The fourth-order valence-corrected chi connectivity index (χ4v) is 2.48. The number of aryl methyl sites for hydroxylation is 1. The average Bonchev–Trinajstić information content (AvgIpc) is 3.07. The van der Waals surface area contributed by atoms with E-state index in [-0.39, 0.29) is 22.7 Å². The molecule has 122 valence electrons. The molecule has 0 bridgehead atoms. The summed E-state index contributed by atoms with van der Waals surface area (Å²) in [6.07, 6.45) is 4.69. The molecule has 0 spiro atoms. The van der Waals surface area contributed by atoms with Gasteiger partial charge < -0.3 is 4.74 Å². The number of aromatic nitrogens is 4. The van der Waals surface area contributed by atoms with Crippen LogP contribution in [0.2, 0.25) is 0 Å². The number of hydrogen-bond donors (Lipinski definition) is 0. The molecule has 0 aliphatic carbocycles. The van der Waals surface area contributed by atoms with Gasteiger partial charge in [0.1, 0.15) is 12.1 Å². The zero-order valence-corrected chi connectivity index (χ0v) is 13.5. The summed E-state index contributed by atoms with van der Waals surface area (Å²) in [7, 11) is 3.14. The molecule has 0 unspecified atom stereocenters. The fourth-order valence-electron chi connectivity index (χ4n) is 2.48. The number of nitrogens with zero attached hydrogens (tertiary/aromatic N) is 6. The minimum absolute atomic E-state index is 0.136. The quantitative estimate of drug-likeness (QED) is 0.717. The Hall–Kier alpha value is -3.91. The molecule has 0 saturated carbocycles. The van der Waals surface area contributed by atoms with Crippen LogP contribution in [0, 0.1) is 22.7 Å². The highest BCUT2D eigenvalue weighted by Gasteiger charge is 2.21. The lowest BCUT2D eigenvalue weighted by molar-refractivity contribution is 0.413. The van der Waals surface area contributed by atoms with E-state index in [0.717, 1.165) is 0 Å². The van der Waals surface area contributed by atoms with Crippen LogP contribution in [-0.4, -0.2) is 26.4 Å². The van der Waals surface area contributed by atoms with Gasteiger partial charge in [-0.15, -0.1) is 0 Å². The summed E-state index contributed by atoms with van der Waals surface area (Å²) in [6, 6.07) is 8.75. The first kappa shape index (κ1) is 16.0. The molecule has 0 atom stereocenters. The predicted octanol–water partition coefficient (Wildman–Crippen LogP) is 1.38. The summed E-state index contributed by atoms with van der Waals surface area (Å²) in [5.41, 5.74) is 0.396. The van der Waals surface area contributed by atoms with Gasteiger partial charge >= 0.3 is 0 Å². The van der Waals surface area contributed by atoms with Crippen molar-refractivity contribution in [3.05, 3.63) is 58.3 Å². The Kier molecular flexibility index (Phi) is 4.02. The Balaban J connectivity index is 2.41. The van der Waals surface area contributed by atoms with Crippen molar-refractivity contribution < 1.29 is 4.74 Å². The van der Waals surface area contributed by atoms with Crippen LogP contribution in [0.5, 0.6) is 5.75 Å². The van der Waals surface area contributed by atoms with E-state index in [4.69, 9.17) is 4.74 Å². The van der Waals surface area contributed by atoms with Crippen LogP contribution in [0.15, 0.2) is 41.6 Å². The lowest BCUT2D eigenvalue weighted by Gasteiger charge is -2.13. The number of ether oxygens (including phenoxy) is 1. The van der Waals surface area contributed by atoms with Crippen LogP contribution in [0.1, 0.15) is 11.1 Å². The second-order valence-corrected chi connectivity index (χ2v) is 5.10. The van der Waals surface area contributed by atoms with E-state index in [1.165, 1.54) is 24.1 Å². The Morgan fingerprint density at radius 1 is 1.24 bits per heavy atom. The van der Waals surface area contributed by atoms with Gasteiger partial charge in [-0.1, -0.05) is 0 Å². The molecule has 0 radical (unpaired) electrons. The van der Waals surface area contributed by atoms with E-state index in [2.05, 4.69) is 10.1 Å². The molecule has 0 aromatic carbocycles. The van der Waals surface area contributed by atoms with Gasteiger partial charge in [0.15, 0.2) is 17.1 Å². The van der Waals surface area contributed by atoms with Crippen molar-refractivity contribution in [1.82, 2.24) is 19.3 Å². The maximum absolute atomic E-state index is 12.7. The van der Waals surface area contributed by atoms with Crippen molar-refractivity contribution >= 4 is 0 Å². The predicted molar refractivity (Wildman–Crippen MR) is 88.0 cm³/mol. The Labute approximate surface area is 142 Å². The lowest BCUT2D eigenvalue weighted by Crippen LogP contribution is -2.23. The summed E-state index contributed by atoms with van der Waals surface area (Å²) in [6.45, 7) is 0. The summed E-state index contributed by atoms with van der Waals surface area (Å²) in [4.78, 5) is 16.8. The first-order chi connectivity index (χ1) is 12.1. The summed E-state index contributed by atoms with van der Waals surface area (Å²) in [5, 5.41) is 23.0. The minimum Gasteiger partial charge on any atom is -0.494 e. The van der Waals surface area contributed by atoms with Gasteiger partial charge in [0.05, 0.1) is 23.9 Å². The number of rotatable bonds is 3. The highest BCUT2D eigenvalue weighted by atomic mass is 16.5. The molecule has 8 nitrogen and oxygen atoms in total. The number of hydrogen-bond acceptors (Lipinski definition) is 6. The molecule has 25 heavy (non-hydrogen) atoms. The van der Waals surface area contributed by atoms with Gasteiger partial charge in [0.2, 0.25) is 0 Å². The molecule has 0 amide bonds. The van der Waals surface area contributed by atoms with E-state index in [9.17, 15) is 15.3 Å². The first-order valence-corrected chi connectivity index (χ1v) is 7.20. The van der Waals surface area contributed by atoms with Gasteiger partial charge in [0, 0.05) is 25.6 Å². The molecule has 0 aliphatic heterocycles. The van der Waals surface area contributed by atoms with Gasteiger partial charge in [0.25, 0.3) is 5.56 Å². The average molecular weight is 332 g/mol. The SMILES string of the molecule is COc1c(-c2ccn(C)n2)cn(-c2ncccc2C#N)c(=O)c1C#N. The standard InChI is InChI=1S/C17H12N6O2/c1-22-7-5-14(21-22)13-10-23(16-11(8-18)4-3-6-20-16)17(24)12(9-19)15(13)25-2/h3-7,10H,1-2H3. The van der Waals surface area contributed by atoms with Gasteiger partial charge in [-0.3, -0.25) is 14.0 Å². The van der Waals surface area contributed by atoms with Crippen molar-refractivity contribution in [3.8, 4) is 35.0 Å². The highest BCUT2D eigenvalue weighted by molar-refractivity contribution is 5.70. The summed E-state index contributed by atoms with van der Waals surface area (Å²) < 4.78 is 8.05. The van der Waals surface area contributed by atoms with Gasteiger partial charge in [-0.2, -0.15) is 15.6 Å². The van der Waals surface area contributed by atoms with E-state index in [1.54, 1.807) is 36.1 Å². The molecule has 8 heteroatoms. The van der Waals surface area contributed by atoms with E-state index in [0.29, 0.717) is 11.3 Å². The zero-order chi connectivity index (χ0) is 18.0. The summed E-state index contributed by atoms with van der Waals surface area (Å²) in [5.74, 6) is 0.281. The number of methoxy groups -OCH3 is 1. The van der Waals surface area contributed by atoms with E-state index in [1.807, 2.05) is 12.1 Å². The lowest BCUT2D eigenvalue weighted by atomic mass is 10.1. The van der Waals surface area contributed by atoms with Crippen LogP contribution in [0.3, 0.4) is 0 Å². The Bertz CT molecular complexity index is 1100. The molecule has 0 fully saturated rings. The maximum Gasteiger partial charge on any atom is 0.278 e. The maximum atomic E-state index is 12.7. The van der Waals surface area contributed by atoms with Gasteiger partial charge in [-0.25, -0.2) is 4.98 Å². The third-order valence-corrected chi connectivity index (χ3v) is 3.60. The van der Waals surface area contributed by atoms with Crippen LogP contribution in [0.4, 0.5) is 0 Å². The third kappa shape index (κ3) is 2.62. The molecule has 0 saturated heterocycles. The topological polar surface area (TPSA) is 110 Å². The van der Waals surface area contributed by atoms with E-state index < -0.39 is 5.56 Å². The Morgan fingerprint density at radius 2 is 2.04 bits per heavy atom. The molecule has 3 heterocycles. The molecule has 3 aromatic heterocycles. The van der Waals surface area contributed by atoms with E-state index >= 15 is 0 Å². The summed E-state index contributed by atoms with van der Waals surface area (Å²) >= 11 is 0. The fraction of sp³-hybridized carbons (Fsp3) is 0.118. The minimum atomic E-state index is -0.616. The molecule has 3 rings (SSSR count). The number of nitriles is 2. The smallest absolute Gasteiger partial charge is 0.278 e. The number of pyridine rings is 2. The van der Waals surface area contributed by atoms with Crippen molar-refractivity contribution in [2.75, 3.05) is 7.11 Å². The second kappa shape index (κ2) is 6.30. The van der Waals surface area contributed by atoms with Crippen molar-refractivity contribution in [2.24, 2.45) is 7.05 Å². The van der Waals surface area contributed by atoms with Crippen molar-refractivity contribution in [1.29, 1.82) is 10.5 Å². The monoisotopic (exact) mass is 332 g/mol. The molecular formula is C17H12N6O2. The molecule has 3 aromatic rings.